The summed E-state index contributed by atoms with van der Waals surface area (Å²) in [5, 5.41) is 11.0. The molecule has 10 aliphatic heterocycles. The zero-order valence-corrected chi connectivity index (χ0v) is 72.4. The van der Waals surface area contributed by atoms with Crippen LogP contribution < -0.4 is 40.7 Å². The number of amidine groups is 4. The van der Waals surface area contributed by atoms with E-state index in [9.17, 15) is 55.9 Å². The van der Waals surface area contributed by atoms with E-state index in [0.717, 1.165) is 165 Å². The summed E-state index contributed by atoms with van der Waals surface area (Å²) in [7, 11) is 5.56. The number of hydrogen-bond donors (Lipinski definition) is 4. The van der Waals surface area contributed by atoms with Crippen molar-refractivity contribution in [1.82, 2.24) is 71.3 Å². The van der Waals surface area contributed by atoms with E-state index in [0.29, 0.717) is 115 Å². The number of hydroxylamine groups is 2. The number of carbonyl (C=O) groups excluding carboxylic acids is 8. The summed E-state index contributed by atoms with van der Waals surface area (Å²) in [4.78, 5) is 131. The number of halogens is 4. The lowest BCUT2D eigenvalue weighted by atomic mass is 10.2. The van der Waals surface area contributed by atoms with E-state index in [1.807, 2.05) is 46.0 Å². The van der Waals surface area contributed by atoms with Crippen molar-refractivity contribution in [3.8, 4) is 23.0 Å². The number of hydrogen-bond acceptors (Lipinski definition) is 28. The topological polar surface area (TPSA) is 313 Å². The van der Waals surface area contributed by atoms with Crippen LogP contribution in [0.15, 0.2) is 112 Å². The van der Waals surface area contributed by atoms with E-state index in [2.05, 4.69) is 60.4 Å². The molecule has 4 aromatic carbocycles. The maximum atomic E-state index is 14.0. The van der Waals surface area contributed by atoms with Gasteiger partial charge in [-0.2, -0.15) is 36.8 Å². The van der Waals surface area contributed by atoms with Crippen molar-refractivity contribution in [2.45, 2.75) is 115 Å². The molecule has 0 radical (unpaired) electrons. The number of nitrogens with zero attached hydrogens (tertiary/aromatic N) is 14. The van der Waals surface area contributed by atoms with Gasteiger partial charge in [0.1, 0.15) is 46.3 Å². The van der Waals surface area contributed by atoms with Gasteiger partial charge >= 0.3 is 24.4 Å². The quantitative estimate of drug-likeness (QED) is 0.0531. The van der Waals surface area contributed by atoms with E-state index >= 15 is 0 Å². The molecule has 682 valence electrons. The minimum atomic E-state index is -0.720. The average molecular weight is 1830 g/mol. The van der Waals surface area contributed by atoms with Gasteiger partial charge in [-0.3, -0.25) is 44.1 Å². The second-order valence-corrected chi connectivity index (χ2v) is 33.8. The molecule has 14 rings (SSSR count). The summed E-state index contributed by atoms with van der Waals surface area (Å²) in [6.45, 7) is 19.4. The lowest BCUT2D eigenvalue weighted by molar-refractivity contribution is -0.114. The van der Waals surface area contributed by atoms with Crippen LogP contribution in [0.2, 0.25) is 0 Å². The minimum absolute atomic E-state index is 0. The van der Waals surface area contributed by atoms with Gasteiger partial charge in [-0.05, 0) is 225 Å². The fourth-order valence-corrected chi connectivity index (χ4v) is 17.3. The van der Waals surface area contributed by atoms with Gasteiger partial charge in [0, 0.05) is 157 Å². The molecular formula is C85H116F4N18O13S5. The number of benzene rings is 4. The third-order valence-electron chi connectivity index (χ3n) is 19.5. The highest BCUT2D eigenvalue weighted by Gasteiger charge is 2.34. The zero-order valence-electron chi connectivity index (χ0n) is 68.3. The Morgan fingerprint density at radius 1 is 0.432 bits per heavy atom. The Kier molecular flexibility index (Phi) is 42.3. The van der Waals surface area contributed by atoms with Crippen molar-refractivity contribution in [2.24, 2.45) is 20.0 Å². The normalized spacial score (nSPS) is 18.9. The SMILES string of the molecule is C.C.C.C.CCN(CC)CCN(CC)C(=O)Oc1cc(F)ccc1/C=C1/SC(N2CCCCN2)=NC1=O.CN(C)CCCN(C)C(=O)Oc1cc(F)ccc1/C=C1/SC(N2CCCCN2)=NC1=O.O=C1N=C(N2CCCCN2)S/C1=C/c1ccc(F)cc1OC(=O)N1CCCO1.O=C1N=C(N2CCCCN2)S/C1=C/c1ccc(F)cc1OC(=O)N1CCSCC1. The third kappa shape index (κ3) is 30.4. The van der Waals surface area contributed by atoms with Crippen molar-refractivity contribution in [3.63, 3.8) is 0 Å². The van der Waals surface area contributed by atoms with Crippen molar-refractivity contribution >= 4 is 152 Å². The van der Waals surface area contributed by atoms with Gasteiger partial charge in [0.2, 0.25) is 0 Å². The molecule has 0 bridgehead atoms. The molecule has 125 heavy (non-hydrogen) atoms. The summed E-state index contributed by atoms with van der Waals surface area (Å²) >= 11 is 6.77. The van der Waals surface area contributed by atoms with Crippen LogP contribution in [0.25, 0.3) is 24.3 Å². The number of hydrazine groups is 4. The summed E-state index contributed by atoms with van der Waals surface area (Å²) in [6.07, 6.45) is 13.9. The third-order valence-corrected chi connectivity index (χ3v) is 24.5. The Morgan fingerprint density at radius 2 is 0.784 bits per heavy atom. The minimum Gasteiger partial charge on any atom is -0.409 e. The van der Waals surface area contributed by atoms with E-state index in [4.69, 9.17) is 23.8 Å². The number of likely N-dealkylation sites (N-methyl/N-ethyl adjacent to an activating group) is 2. The van der Waals surface area contributed by atoms with Crippen LogP contribution in [-0.2, 0) is 24.0 Å². The van der Waals surface area contributed by atoms with Crippen molar-refractivity contribution in [3.05, 3.63) is 138 Å². The van der Waals surface area contributed by atoms with Gasteiger partial charge in [-0.1, -0.05) is 43.6 Å². The smallest absolute Gasteiger partial charge is 0.409 e. The number of amides is 8. The molecule has 8 amide bonds. The molecule has 6 saturated heterocycles. The van der Waals surface area contributed by atoms with Gasteiger partial charge in [0.05, 0.1) is 32.8 Å². The average Bonchev–Trinajstić information content (AvgIpc) is 1.72. The van der Waals surface area contributed by atoms with Gasteiger partial charge in [0.15, 0.2) is 20.7 Å². The first-order valence-corrected chi connectivity index (χ1v) is 44.7. The number of ether oxygens (including phenoxy) is 4. The van der Waals surface area contributed by atoms with Gasteiger partial charge in [0.25, 0.3) is 23.6 Å². The number of rotatable bonds is 18. The summed E-state index contributed by atoms with van der Waals surface area (Å²) < 4.78 is 77.1. The second-order valence-electron chi connectivity index (χ2n) is 28.6. The Balaban J connectivity index is 0.000000227. The highest BCUT2D eigenvalue weighted by Crippen LogP contribution is 2.38. The summed E-state index contributed by atoms with van der Waals surface area (Å²) in [5.74, 6) is -1.61. The highest BCUT2D eigenvalue weighted by molar-refractivity contribution is 8.19. The summed E-state index contributed by atoms with van der Waals surface area (Å²) in [5.41, 5.74) is 14.6. The molecule has 4 N–H and O–H groups in total. The van der Waals surface area contributed by atoms with Crippen molar-refractivity contribution < 1.29 is 79.7 Å². The fourth-order valence-electron chi connectivity index (χ4n) is 12.8. The van der Waals surface area contributed by atoms with Crippen LogP contribution in [0.1, 0.15) is 137 Å². The standard InChI is InChI=1S/C23H32FN5O3S.C21H28FN5O3S.C19H21FN4O3S2.C18H19FN4O4S.4CH4/c1-4-27(5-2)13-14-28(6-3)23(31)32-19-16-18(24)10-9-17(19)15-20-21(30)26-22(33-20)29-12-8-7-11-25-29;1-25(2)10-6-11-26(3)21(29)30-17-14-16(22)8-7-15(17)13-18-19(28)24-20(31-18)27-12-5-4-9-23-27;20-14-4-3-13(15(12-14)27-19(26)23-7-9-28-10-8-23)11-16-17(25)22-18(29-16)24-6-2-1-5-21-24;19-13-5-4-12(14(11-13)27-18(25)23-8-3-9-26-23)10-15-16(24)21-17(28-15)22-7-2-1-6-20-22;;;;/h9-10,15-16,25H,4-8,11-14H2,1-3H3;7-8,13-14,23H,4-6,9-12H2,1-3H3;3-4,11-12,21H,1-2,5-10H2;4-5,10-11,20H,1-3,6-9H2;4*1H4/b20-15+;18-13+;16-11+;15-10+;;;;. The van der Waals surface area contributed by atoms with E-state index < -0.39 is 47.6 Å². The zero-order chi connectivity index (χ0) is 85.9. The van der Waals surface area contributed by atoms with Crippen LogP contribution in [0, 0.1) is 23.3 Å². The van der Waals surface area contributed by atoms with Crippen LogP contribution in [-0.4, -0.2) is 275 Å². The predicted octanol–water partition coefficient (Wildman–Crippen LogP) is 14.4. The molecule has 10 heterocycles. The van der Waals surface area contributed by atoms with Gasteiger partial charge in [-0.25, -0.2) is 58.4 Å². The van der Waals surface area contributed by atoms with Crippen LogP contribution in [0.3, 0.4) is 0 Å². The molecule has 0 unspecified atom stereocenters. The maximum Gasteiger partial charge on any atom is 0.439 e. The van der Waals surface area contributed by atoms with E-state index in [-0.39, 0.29) is 76.3 Å². The molecule has 0 spiro atoms. The Morgan fingerprint density at radius 3 is 1.10 bits per heavy atom. The first-order valence-electron chi connectivity index (χ1n) is 40.2. The first-order chi connectivity index (χ1) is 58.5. The number of thioether (sulfide) groups is 5. The molecule has 0 aliphatic carbocycles. The van der Waals surface area contributed by atoms with Crippen LogP contribution >= 0.6 is 58.8 Å². The number of nitrogens with one attached hydrogen (secondary N) is 4. The number of carbonyl (C=O) groups is 8. The lowest BCUT2D eigenvalue weighted by Crippen LogP contribution is -2.45. The molecule has 40 heteroatoms. The van der Waals surface area contributed by atoms with E-state index in [1.54, 1.807) is 52.9 Å². The largest absolute Gasteiger partial charge is 0.439 e. The molecule has 0 aromatic heterocycles. The molecule has 10 aliphatic rings. The van der Waals surface area contributed by atoms with Gasteiger partial charge < -0.3 is 43.4 Å². The maximum absolute atomic E-state index is 14.0. The Hall–Kier alpha value is -9.33. The predicted molar refractivity (Wildman–Crippen MR) is 491 cm³/mol. The van der Waals surface area contributed by atoms with Crippen LogP contribution in [0.5, 0.6) is 23.0 Å². The fraction of sp³-hybridized carbons (Fsp3) is 0.482. The van der Waals surface area contributed by atoms with Crippen molar-refractivity contribution in [1.29, 1.82) is 0 Å². The number of aliphatic imine (C=N–C) groups is 4. The molecule has 0 saturated carbocycles. The van der Waals surface area contributed by atoms with Crippen LogP contribution in [0.4, 0.5) is 36.7 Å². The Labute approximate surface area is 750 Å². The molecule has 4 aromatic rings. The molecule has 6 fully saturated rings. The van der Waals surface area contributed by atoms with Crippen molar-refractivity contribution in [2.75, 3.05) is 157 Å². The van der Waals surface area contributed by atoms with E-state index in [1.165, 1.54) is 113 Å². The molecular weight excluding hydrogens is 1720 g/mol. The highest BCUT2D eigenvalue weighted by atomic mass is 32.2. The van der Waals surface area contributed by atoms with Gasteiger partial charge in [-0.15, -0.1) is 0 Å². The molecule has 0 atom stereocenters. The lowest BCUT2D eigenvalue weighted by Gasteiger charge is -2.28. The second kappa shape index (κ2) is 51.5. The summed E-state index contributed by atoms with van der Waals surface area (Å²) in [6, 6.07) is 15.6. The molecule has 31 nitrogen and oxygen atoms in total. The monoisotopic (exact) mass is 1830 g/mol. The Bertz CT molecular complexity index is 4660. The first kappa shape index (κ1) is 103.